The molecule has 1 aliphatic rings. The molecule has 0 aromatic heterocycles. The van der Waals surface area contributed by atoms with Crippen LogP contribution in [0.2, 0.25) is 5.02 Å². The topological polar surface area (TPSA) is 49.4 Å². The van der Waals surface area contributed by atoms with Gasteiger partial charge in [-0.3, -0.25) is 9.59 Å². The van der Waals surface area contributed by atoms with E-state index in [9.17, 15) is 14.0 Å². The van der Waals surface area contributed by atoms with Gasteiger partial charge in [0.1, 0.15) is 11.9 Å². The number of halogens is 2. The predicted octanol–water partition coefficient (Wildman–Crippen LogP) is 5.72. The summed E-state index contributed by atoms with van der Waals surface area (Å²) in [5, 5.41) is 3.77. The van der Waals surface area contributed by atoms with E-state index in [1.165, 1.54) is 6.07 Å². The monoisotopic (exact) mass is 492 g/mol. The molecule has 1 atom stereocenters. The molecule has 2 amide bonds. The highest BCUT2D eigenvalue weighted by Gasteiger charge is 2.32. The van der Waals surface area contributed by atoms with E-state index in [1.807, 2.05) is 42.5 Å². The largest absolute Gasteiger partial charge is 0.352 e. The maximum atomic E-state index is 14.4. The van der Waals surface area contributed by atoms with E-state index in [4.69, 9.17) is 11.6 Å². The minimum Gasteiger partial charge on any atom is -0.352 e. The number of nitrogens with one attached hydrogen (secondary N) is 1. The second-order valence-corrected chi connectivity index (χ2v) is 9.55. The van der Waals surface area contributed by atoms with Gasteiger partial charge in [0, 0.05) is 24.0 Å². The lowest BCUT2D eigenvalue weighted by Crippen LogP contribution is -2.52. The minimum atomic E-state index is -0.729. The Morgan fingerprint density at radius 1 is 0.914 bits per heavy atom. The summed E-state index contributed by atoms with van der Waals surface area (Å²) in [5.41, 5.74) is 2.12. The number of nitrogens with zero attached hydrogens (tertiary/aromatic N) is 1. The van der Waals surface area contributed by atoms with Gasteiger partial charge in [0.25, 0.3) is 0 Å². The molecule has 0 unspecified atom stereocenters. The summed E-state index contributed by atoms with van der Waals surface area (Å²) in [6.07, 6.45) is 4.33. The quantitative estimate of drug-likeness (QED) is 0.415. The van der Waals surface area contributed by atoms with Crippen LogP contribution in [0.15, 0.2) is 78.9 Å². The van der Waals surface area contributed by atoms with Crippen LogP contribution in [-0.4, -0.2) is 28.8 Å². The predicted molar refractivity (Wildman–Crippen MR) is 136 cm³/mol. The van der Waals surface area contributed by atoms with Gasteiger partial charge in [-0.15, -0.1) is 0 Å². The van der Waals surface area contributed by atoms with Gasteiger partial charge in [0.15, 0.2) is 0 Å². The molecule has 0 radical (unpaired) electrons. The van der Waals surface area contributed by atoms with E-state index in [-0.39, 0.29) is 30.8 Å². The number of benzene rings is 3. The lowest BCUT2D eigenvalue weighted by Gasteiger charge is -2.32. The number of carbonyl (C=O) groups is 2. The lowest BCUT2D eigenvalue weighted by molar-refractivity contribution is -0.141. The number of amides is 2. The standard InChI is InChI=1S/C29H30ClFN2O2/c30-24-16-14-22(15-17-24)20-33(28(34)19-23-10-4-7-13-26(23)31)27(18-21-8-2-1-3-9-21)29(35)32-25-11-5-6-12-25/h1-4,7-10,13-17,25,27H,5-6,11-12,18-20H2,(H,32,35)/t27-/m1/s1. The molecule has 0 spiro atoms. The van der Waals surface area contributed by atoms with E-state index in [1.54, 1.807) is 35.2 Å². The van der Waals surface area contributed by atoms with Gasteiger partial charge in [0.05, 0.1) is 6.42 Å². The molecule has 0 heterocycles. The first-order valence-electron chi connectivity index (χ1n) is 12.1. The summed E-state index contributed by atoms with van der Waals surface area (Å²) < 4.78 is 14.4. The molecule has 1 saturated carbocycles. The Balaban J connectivity index is 1.66. The van der Waals surface area contributed by atoms with Crippen LogP contribution in [0.25, 0.3) is 0 Å². The Kier molecular flexibility index (Phi) is 8.54. The second-order valence-electron chi connectivity index (χ2n) is 9.11. The highest BCUT2D eigenvalue weighted by molar-refractivity contribution is 6.30. The van der Waals surface area contributed by atoms with E-state index < -0.39 is 11.9 Å². The van der Waals surface area contributed by atoms with Crippen molar-refractivity contribution in [2.75, 3.05) is 0 Å². The minimum absolute atomic E-state index is 0.123. The molecule has 0 saturated heterocycles. The molecule has 0 aliphatic heterocycles. The number of hydrogen-bond acceptors (Lipinski definition) is 2. The molecule has 3 aromatic rings. The molecule has 1 fully saturated rings. The van der Waals surface area contributed by atoms with Gasteiger partial charge >= 0.3 is 0 Å². The van der Waals surface area contributed by atoms with Crippen molar-refractivity contribution in [3.63, 3.8) is 0 Å². The Morgan fingerprint density at radius 2 is 1.57 bits per heavy atom. The van der Waals surface area contributed by atoms with Gasteiger partial charge in [0.2, 0.25) is 11.8 Å². The average molecular weight is 493 g/mol. The normalized spacial score (nSPS) is 14.5. The van der Waals surface area contributed by atoms with Crippen molar-refractivity contribution < 1.29 is 14.0 Å². The van der Waals surface area contributed by atoms with Gasteiger partial charge in [-0.1, -0.05) is 85.1 Å². The summed E-state index contributed by atoms with van der Waals surface area (Å²) >= 11 is 6.06. The first-order chi connectivity index (χ1) is 17.0. The fourth-order valence-electron chi connectivity index (χ4n) is 4.61. The maximum absolute atomic E-state index is 14.4. The number of rotatable bonds is 9. The molecule has 1 N–H and O–H groups in total. The third-order valence-electron chi connectivity index (χ3n) is 6.54. The summed E-state index contributed by atoms with van der Waals surface area (Å²) in [7, 11) is 0. The fraction of sp³-hybridized carbons (Fsp3) is 0.310. The van der Waals surface area contributed by atoms with Crippen molar-refractivity contribution in [1.82, 2.24) is 10.2 Å². The molecule has 182 valence electrons. The SMILES string of the molecule is O=C(NC1CCCC1)[C@@H](Cc1ccccc1)N(Cc1ccc(Cl)cc1)C(=O)Cc1ccccc1F. The fourth-order valence-corrected chi connectivity index (χ4v) is 4.74. The summed E-state index contributed by atoms with van der Waals surface area (Å²) in [5.74, 6) is -0.897. The van der Waals surface area contributed by atoms with Crippen molar-refractivity contribution >= 4 is 23.4 Å². The third kappa shape index (κ3) is 6.92. The molecule has 4 nitrogen and oxygen atoms in total. The molecule has 6 heteroatoms. The molecule has 3 aromatic carbocycles. The molecule has 1 aliphatic carbocycles. The van der Waals surface area contributed by atoms with Gasteiger partial charge in [-0.2, -0.15) is 0 Å². The van der Waals surface area contributed by atoms with E-state index in [0.717, 1.165) is 36.8 Å². The number of carbonyl (C=O) groups excluding carboxylic acids is 2. The van der Waals surface area contributed by atoms with Gasteiger partial charge in [-0.05, 0) is 47.7 Å². The Hall–Kier alpha value is -3.18. The van der Waals surface area contributed by atoms with Crippen molar-refractivity contribution in [1.29, 1.82) is 0 Å². The second kappa shape index (κ2) is 12.0. The van der Waals surface area contributed by atoms with Crippen molar-refractivity contribution in [3.8, 4) is 0 Å². The van der Waals surface area contributed by atoms with Crippen molar-refractivity contribution in [3.05, 3.63) is 106 Å². The summed E-state index contributed by atoms with van der Waals surface area (Å²) in [4.78, 5) is 28.9. The average Bonchev–Trinajstić information content (AvgIpc) is 3.37. The molecular formula is C29H30ClFN2O2. The lowest BCUT2D eigenvalue weighted by atomic mass is 10.0. The molecule has 4 rings (SSSR count). The zero-order valence-electron chi connectivity index (χ0n) is 19.6. The number of hydrogen-bond donors (Lipinski definition) is 1. The zero-order valence-corrected chi connectivity index (χ0v) is 20.4. The molecule has 0 bridgehead atoms. The van der Waals surface area contributed by atoms with Gasteiger partial charge < -0.3 is 10.2 Å². The van der Waals surface area contributed by atoms with Crippen LogP contribution < -0.4 is 5.32 Å². The van der Waals surface area contributed by atoms with Crippen LogP contribution in [0, 0.1) is 5.82 Å². The maximum Gasteiger partial charge on any atom is 0.243 e. The van der Waals surface area contributed by atoms with E-state index in [2.05, 4.69) is 5.32 Å². The Morgan fingerprint density at radius 3 is 2.26 bits per heavy atom. The van der Waals surface area contributed by atoms with Crippen LogP contribution >= 0.6 is 11.6 Å². The van der Waals surface area contributed by atoms with Crippen LogP contribution in [0.3, 0.4) is 0 Å². The van der Waals surface area contributed by atoms with Crippen LogP contribution in [-0.2, 0) is 29.0 Å². The highest BCUT2D eigenvalue weighted by Crippen LogP contribution is 2.21. The molecular weight excluding hydrogens is 463 g/mol. The van der Waals surface area contributed by atoms with Crippen LogP contribution in [0.4, 0.5) is 4.39 Å². The highest BCUT2D eigenvalue weighted by atomic mass is 35.5. The molecule has 35 heavy (non-hydrogen) atoms. The summed E-state index contributed by atoms with van der Waals surface area (Å²) in [6, 6.07) is 22.6. The van der Waals surface area contributed by atoms with Crippen LogP contribution in [0.1, 0.15) is 42.4 Å². The van der Waals surface area contributed by atoms with E-state index >= 15 is 0 Å². The van der Waals surface area contributed by atoms with E-state index in [0.29, 0.717) is 17.0 Å². The Bertz CT molecular complexity index is 1130. The summed E-state index contributed by atoms with van der Waals surface area (Å²) in [6.45, 7) is 0.222. The van der Waals surface area contributed by atoms with Gasteiger partial charge in [-0.25, -0.2) is 4.39 Å². The van der Waals surface area contributed by atoms with Crippen molar-refractivity contribution in [2.24, 2.45) is 0 Å². The first kappa shape index (κ1) is 24.9. The van der Waals surface area contributed by atoms with Crippen molar-refractivity contribution in [2.45, 2.75) is 57.2 Å². The Labute approximate surface area is 211 Å². The smallest absolute Gasteiger partial charge is 0.243 e. The third-order valence-corrected chi connectivity index (χ3v) is 6.79. The first-order valence-corrected chi connectivity index (χ1v) is 12.5. The van der Waals surface area contributed by atoms with Crippen LogP contribution in [0.5, 0.6) is 0 Å². The zero-order chi connectivity index (χ0) is 24.6.